The molecular weight excluding hydrogens is 256 g/mol. The Morgan fingerprint density at radius 1 is 1.56 bits per heavy atom. The minimum Gasteiger partial charge on any atom is -0.475 e. The summed E-state index contributed by atoms with van der Waals surface area (Å²) in [6.45, 7) is 2.21. The number of aromatic carboxylic acids is 1. The van der Waals surface area contributed by atoms with Gasteiger partial charge in [0.05, 0.1) is 12.7 Å². The van der Waals surface area contributed by atoms with Crippen LogP contribution in [0.4, 0.5) is 5.69 Å². The van der Waals surface area contributed by atoms with Crippen LogP contribution >= 0.6 is 11.6 Å². The number of oxazole rings is 1. The molecular formula is C12H11ClN2O3. The number of aromatic nitrogens is 1. The third-order valence-corrected chi connectivity index (χ3v) is 2.79. The largest absolute Gasteiger partial charge is 0.475 e. The molecule has 0 unspecified atom stereocenters. The smallest absolute Gasteiger partial charge is 0.373 e. The van der Waals surface area contributed by atoms with Gasteiger partial charge in [0.1, 0.15) is 0 Å². The lowest BCUT2D eigenvalue weighted by atomic mass is 10.2. The lowest BCUT2D eigenvalue weighted by Crippen LogP contribution is -1.99. The summed E-state index contributed by atoms with van der Waals surface area (Å²) in [6.07, 6.45) is 1.18. The van der Waals surface area contributed by atoms with Crippen LogP contribution in [0, 0.1) is 6.92 Å². The van der Waals surface area contributed by atoms with Gasteiger partial charge in [-0.15, -0.1) is 0 Å². The van der Waals surface area contributed by atoms with Gasteiger partial charge < -0.3 is 14.8 Å². The van der Waals surface area contributed by atoms with Crippen molar-refractivity contribution in [1.82, 2.24) is 4.98 Å². The van der Waals surface area contributed by atoms with E-state index in [1.165, 1.54) is 6.20 Å². The number of aryl methyl sites for hydroxylation is 1. The molecule has 0 saturated carbocycles. The second kappa shape index (κ2) is 5.10. The molecule has 94 valence electrons. The number of hydrogen-bond donors (Lipinski definition) is 2. The first-order valence-corrected chi connectivity index (χ1v) is 5.62. The normalized spacial score (nSPS) is 10.3. The molecule has 18 heavy (non-hydrogen) atoms. The maximum absolute atomic E-state index is 10.6. The van der Waals surface area contributed by atoms with Crippen molar-refractivity contribution in [3.8, 4) is 0 Å². The number of carboxylic acid groups (broad SMARTS) is 1. The molecule has 0 aliphatic carbocycles. The van der Waals surface area contributed by atoms with Crippen LogP contribution in [0.5, 0.6) is 0 Å². The second-order valence-electron chi connectivity index (χ2n) is 3.74. The molecule has 0 spiro atoms. The van der Waals surface area contributed by atoms with Gasteiger partial charge in [-0.2, -0.15) is 0 Å². The number of carbonyl (C=O) groups is 1. The molecule has 0 fully saturated rings. The van der Waals surface area contributed by atoms with Gasteiger partial charge in [-0.3, -0.25) is 0 Å². The highest BCUT2D eigenvalue weighted by molar-refractivity contribution is 6.31. The van der Waals surface area contributed by atoms with Gasteiger partial charge in [0.25, 0.3) is 0 Å². The van der Waals surface area contributed by atoms with Gasteiger partial charge in [-0.1, -0.05) is 17.7 Å². The number of hydrogen-bond acceptors (Lipinski definition) is 4. The zero-order chi connectivity index (χ0) is 13.1. The van der Waals surface area contributed by atoms with E-state index in [1.807, 2.05) is 19.1 Å². The molecule has 1 aromatic carbocycles. The fourth-order valence-corrected chi connectivity index (χ4v) is 1.55. The molecule has 0 amide bonds. The first-order valence-electron chi connectivity index (χ1n) is 5.24. The molecule has 2 rings (SSSR count). The molecule has 0 aliphatic rings. The van der Waals surface area contributed by atoms with Crippen LogP contribution in [0.1, 0.15) is 22.0 Å². The van der Waals surface area contributed by atoms with E-state index in [0.29, 0.717) is 17.5 Å². The lowest BCUT2D eigenvalue weighted by molar-refractivity contribution is 0.0660. The average molecular weight is 267 g/mol. The minimum atomic E-state index is -1.13. The first kappa shape index (κ1) is 12.4. The third kappa shape index (κ3) is 2.81. The Labute approximate surface area is 108 Å². The number of rotatable bonds is 4. The zero-order valence-electron chi connectivity index (χ0n) is 9.61. The van der Waals surface area contributed by atoms with Crippen LogP contribution in [0.2, 0.25) is 5.02 Å². The summed E-state index contributed by atoms with van der Waals surface area (Å²) >= 11 is 5.98. The molecule has 0 aliphatic heterocycles. The topological polar surface area (TPSA) is 75.4 Å². The van der Waals surface area contributed by atoms with Crippen LogP contribution in [0.15, 0.2) is 28.8 Å². The van der Waals surface area contributed by atoms with E-state index in [2.05, 4.69) is 10.3 Å². The highest BCUT2D eigenvalue weighted by Crippen LogP contribution is 2.20. The van der Waals surface area contributed by atoms with E-state index in [9.17, 15) is 4.79 Å². The fraction of sp³-hybridized carbons (Fsp3) is 0.167. The van der Waals surface area contributed by atoms with Crippen molar-refractivity contribution in [2.45, 2.75) is 13.5 Å². The summed E-state index contributed by atoms with van der Waals surface area (Å²) in [5.74, 6) is -0.995. The maximum Gasteiger partial charge on any atom is 0.373 e. The van der Waals surface area contributed by atoms with Gasteiger partial charge in [0, 0.05) is 10.7 Å². The molecule has 0 saturated heterocycles. The Morgan fingerprint density at radius 3 is 2.94 bits per heavy atom. The van der Waals surface area contributed by atoms with Crippen molar-refractivity contribution in [3.63, 3.8) is 0 Å². The Morgan fingerprint density at radius 2 is 2.33 bits per heavy atom. The molecule has 0 atom stereocenters. The van der Waals surface area contributed by atoms with Gasteiger partial charge in [-0.25, -0.2) is 9.78 Å². The summed E-state index contributed by atoms with van der Waals surface area (Å²) in [4.78, 5) is 14.4. The Balaban J connectivity index is 2.02. The summed E-state index contributed by atoms with van der Waals surface area (Å²) < 4.78 is 5.01. The monoisotopic (exact) mass is 266 g/mol. The van der Waals surface area contributed by atoms with Crippen LogP contribution in [-0.4, -0.2) is 16.1 Å². The maximum atomic E-state index is 10.6. The molecule has 6 heteroatoms. The number of anilines is 1. The number of nitrogens with zero attached hydrogens (tertiary/aromatic N) is 1. The van der Waals surface area contributed by atoms with Gasteiger partial charge in [0.15, 0.2) is 0 Å². The number of nitrogens with one attached hydrogen (secondary N) is 1. The highest BCUT2D eigenvalue weighted by Gasteiger charge is 2.10. The summed E-state index contributed by atoms with van der Waals surface area (Å²) in [5.41, 5.74) is 1.81. The molecule has 0 radical (unpaired) electrons. The molecule has 2 aromatic rings. The highest BCUT2D eigenvalue weighted by atomic mass is 35.5. The van der Waals surface area contributed by atoms with E-state index in [4.69, 9.17) is 21.1 Å². The van der Waals surface area contributed by atoms with Crippen LogP contribution in [0.3, 0.4) is 0 Å². The molecule has 0 bridgehead atoms. The average Bonchev–Trinajstić information content (AvgIpc) is 2.79. The van der Waals surface area contributed by atoms with Crippen molar-refractivity contribution in [2.24, 2.45) is 0 Å². The third-order valence-electron chi connectivity index (χ3n) is 2.38. The van der Waals surface area contributed by atoms with E-state index >= 15 is 0 Å². The number of carboxylic acids is 1. The van der Waals surface area contributed by atoms with Gasteiger partial charge in [-0.05, 0) is 24.6 Å². The van der Waals surface area contributed by atoms with Crippen LogP contribution in [-0.2, 0) is 6.54 Å². The van der Waals surface area contributed by atoms with Crippen molar-refractivity contribution in [2.75, 3.05) is 5.32 Å². The second-order valence-corrected chi connectivity index (χ2v) is 4.15. The molecule has 1 heterocycles. The lowest BCUT2D eigenvalue weighted by Gasteiger charge is -2.05. The van der Waals surface area contributed by atoms with Crippen molar-refractivity contribution in [3.05, 3.63) is 46.6 Å². The minimum absolute atomic E-state index is 0.172. The summed E-state index contributed by atoms with van der Waals surface area (Å²) in [6, 6.07) is 5.56. The van der Waals surface area contributed by atoms with E-state index in [0.717, 1.165) is 11.3 Å². The quantitative estimate of drug-likeness (QED) is 0.890. The molecule has 5 nitrogen and oxygen atoms in total. The van der Waals surface area contributed by atoms with Gasteiger partial charge in [0.2, 0.25) is 11.7 Å². The Kier molecular flexibility index (Phi) is 3.53. The zero-order valence-corrected chi connectivity index (χ0v) is 10.4. The summed E-state index contributed by atoms with van der Waals surface area (Å²) in [7, 11) is 0. The standard InChI is InChI=1S/C12H11ClN2O3/c1-7-2-3-8(4-9(7)13)14-6-11-15-5-10(18-11)12(16)17/h2-5,14H,6H2,1H3,(H,16,17). The van der Waals surface area contributed by atoms with Crippen molar-refractivity contribution < 1.29 is 14.3 Å². The number of benzene rings is 1. The molecule has 2 N–H and O–H groups in total. The SMILES string of the molecule is Cc1ccc(NCc2ncc(C(=O)O)o2)cc1Cl. The van der Waals surface area contributed by atoms with Crippen molar-refractivity contribution >= 4 is 23.3 Å². The first-order chi connectivity index (χ1) is 8.56. The van der Waals surface area contributed by atoms with Gasteiger partial charge >= 0.3 is 5.97 Å². The van der Waals surface area contributed by atoms with Crippen molar-refractivity contribution in [1.29, 1.82) is 0 Å². The van der Waals surface area contributed by atoms with E-state index in [-0.39, 0.29) is 5.76 Å². The number of halogens is 1. The predicted molar refractivity (Wildman–Crippen MR) is 67.0 cm³/mol. The predicted octanol–water partition coefficient (Wildman–Crippen LogP) is 2.95. The van der Waals surface area contributed by atoms with Crippen LogP contribution < -0.4 is 5.32 Å². The molecule has 1 aromatic heterocycles. The van der Waals surface area contributed by atoms with E-state index < -0.39 is 5.97 Å². The Hall–Kier alpha value is -2.01. The Bertz CT molecular complexity index is 580. The van der Waals surface area contributed by atoms with E-state index in [1.54, 1.807) is 6.07 Å². The van der Waals surface area contributed by atoms with Crippen LogP contribution in [0.25, 0.3) is 0 Å². The fourth-order valence-electron chi connectivity index (χ4n) is 1.37. The summed E-state index contributed by atoms with van der Waals surface area (Å²) in [5, 5.41) is 12.4.